The zero-order chi connectivity index (χ0) is 28.6. The van der Waals surface area contributed by atoms with Gasteiger partial charge in [0.2, 0.25) is 21.8 Å². The Bertz CT molecular complexity index is 1370. The van der Waals surface area contributed by atoms with Crippen molar-refractivity contribution >= 4 is 50.7 Å². The van der Waals surface area contributed by atoms with Crippen LogP contribution in [0.5, 0.6) is 0 Å². The Balaban J connectivity index is 2.04. The molecule has 0 radical (unpaired) electrons. The number of nitrogens with one attached hydrogen (secondary N) is 1. The van der Waals surface area contributed by atoms with Gasteiger partial charge < -0.3 is 10.2 Å². The zero-order valence-corrected chi connectivity index (χ0v) is 24.5. The highest BCUT2D eigenvalue weighted by Crippen LogP contribution is 2.23. The largest absolute Gasteiger partial charge is 0.354 e. The molecule has 0 heterocycles. The normalized spacial score (nSPS) is 12.2. The second-order valence-electron chi connectivity index (χ2n) is 9.74. The standard InChI is InChI=1S/C29H33Cl2N3O4S/c1-21(2)18-32-29(36)27(17-22-8-5-4-6-9-22)33(19-23-10-7-11-25(31)16-23)28(35)20-34(39(3,37)38)26-14-12-24(30)13-15-26/h4-16,21,27H,17-20H2,1-3H3,(H,32,36)/t27-/m1/s1. The predicted octanol–water partition coefficient (Wildman–Crippen LogP) is 5.17. The van der Waals surface area contributed by atoms with Crippen molar-refractivity contribution in [2.24, 2.45) is 5.92 Å². The van der Waals surface area contributed by atoms with Crippen LogP contribution in [0, 0.1) is 5.92 Å². The van der Waals surface area contributed by atoms with Gasteiger partial charge in [-0.2, -0.15) is 0 Å². The van der Waals surface area contributed by atoms with Gasteiger partial charge in [0, 0.05) is 29.6 Å². The highest BCUT2D eigenvalue weighted by atomic mass is 35.5. The molecule has 0 aliphatic heterocycles. The van der Waals surface area contributed by atoms with Crippen molar-refractivity contribution in [3.8, 4) is 0 Å². The van der Waals surface area contributed by atoms with Crippen molar-refractivity contribution in [1.29, 1.82) is 0 Å². The number of sulfonamides is 1. The lowest BCUT2D eigenvalue weighted by Gasteiger charge is -2.33. The van der Waals surface area contributed by atoms with Gasteiger partial charge in [-0.25, -0.2) is 8.42 Å². The molecule has 0 fully saturated rings. The number of hydrogen-bond acceptors (Lipinski definition) is 4. The molecule has 39 heavy (non-hydrogen) atoms. The van der Waals surface area contributed by atoms with Crippen LogP contribution in [0.2, 0.25) is 10.0 Å². The van der Waals surface area contributed by atoms with Crippen molar-refractivity contribution in [3.63, 3.8) is 0 Å². The van der Waals surface area contributed by atoms with Gasteiger partial charge in [0.15, 0.2) is 0 Å². The van der Waals surface area contributed by atoms with Crippen LogP contribution in [0.1, 0.15) is 25.0 Å². The molecular weight excluding hydrogens is 557 g/mol. The first-order chi connectivity index (χ1) is 18.4. The molecule has 0 saturated carbocycles. The summed E-state index contributed by atoms with van der Waals surface area (Å²) in [4.78, 5) is 29.0. The minimum Gasteiger partial charge on any atom is -0.354 e. The van der Waals surface area contributed by atoms with Gasteiger partial charge in [-0.1, -0.05) is 79.5 Å². The monoisotopic (exact) mass is 589 g/mol. The van der Waals surface area contributed by atoms with Gasteiger partial charge in [0.25, 0.3) is 0 Å². The first-order valence-electron chi connectivity index (χ1n) is 12.5. The second kappa shape index (κ2) is 13.8. The molecule has 208 valence electrons. The van der Waals surface area contributed by atoms with Crippen molar-refractivity contribution in [3.05, 3.63) is 100 Å². The Morgan fingerprint density at radius 2 is 1.51 bits per heavy atom. The summed E-state index contributed by atoms with van der Waals surface area (Å²) < 4.78 is 26.6. The average Bonchev–Trinajstić information content (AvgIpc) is 2.88. The molecule has 0 aliphatic rings. The van der Waals surface area contributed by atoms with Gasteiger partial charge in [-0.05, 0) is 53.4 Å². The van der Waals surface area contributed by atoms with Crippen LogP contribution in [-0.2, 0) is 32.6 Å². The molecule has 0 spiro atoms. The van der Waals surface area contributed by atoms with E-state index in [2.05, 4.69) is 5.32 Å². The summed E-state index contributed by atoms with van der Waals surface area (Å²) in [5, 5.41) is 3.88. The Labute approximate surface area is 240 Å². The summed E-state index contributed by atoms with van der Waals surface area (Å²) in [5.74, 6) is -0.648. The maximum absolute atomic E-state index is 14.0. The van der Waals surface area contributed by atoms with E-state index in [1.54, 1.807) is 30.3 Å². The van der Waals surface area contributed by atoms with E-state index in [-0.39, 0.29) is 24.8 Å². The van der Waals surface area contributed by atoms with E-state index in [1.165, 1.54) is 17.0 Å². The fraction of sp³-hybridized carbons (Fsp3) is 0.310. The van der Waals surface area contributed by atoms with Crippen LogP contribution < -0.4 is 9.62 Å². The highest BCUT2D eigenvalue weighted by Gasteiger charge is 2.33. The van der Waals surface area contributed by atoms with Gasteiger partial charge >= 0.3 is 0 Å². The molecule has 0 bridgehead atoms. The first kappa shape index (κ1) is 30.5. The summed E-state index contributed by atoms with van der Waals surface area (Å²) in [6.45, 7) is 3.96. The lowest BCUT2D eigenvalue weighted by Crippen LogP contribution is -2.53. The third kappa shape index (κ3) is 9.27. The van der Waals surface area contributed by atoms with E-state index in [9.17, 15) is 18.0 Å². The summed E-state index contributed by atoms with van der Waals surface area (Å²) >= 11 is 12.2. The zero-order valence-electron chi connectivity index (χ0n) is 22.2. The van der Waals surface area contributed by atoms with Crippen LogP contribution in [0.15, 0.2) is 78.9 Å². The molecule has 2 amide bonds. The fourth-order valence-corrected chi connectivity index (χ4v) is 5.22. The van der Waals surface area contributed by atoms with Gasteiger partial charge in [-0.15, -0.1) is 0 Å². The quantitative estimate of drug-likeness (QED) is 0.315. The van der Waals surface area contributed by atoms with Crippen LogP contribution in [0.3, 0.4) is 0 Å². The highest BCUT2D eigenvalue weighted by molar-refractivity contribution is 7.92. The molecule has 10 heteroatoms. The number of carbonyl (C=O) groups is 2. The SMILES string of the molecule is CC(C)CNC(=O)[C@@H](Cc1ccccc1)N(Cc1cccc(Cl)c1)C(=O)CN(c1ccc(Cl)cc1)S(C)(=O)=O. The number of benzene rings is 3. The minimum atomic E-state index is -3.84. The van der Waals surface area contributed by atoms with E-state index in [0.717, 1.165) is 16.1 Å². The number of amides is 2. The molecule has 3 rings (SSSR count). The first-order valence-corrected chi connectivity index (χ1v) is 15.1. The Kier molecular flexibility index (Phi) is 10.8. The maximum atomic E-state index is 14.0. The second-order valence-corrected chi connectivity index (χ2v) is 12.5. The van der Waals surface area contributed by atoms with E-state index < -0.39 is 28.5 Å². The number of anilines is 1. The van der Waals surface area contributed by atoms with Crippen molar-refractivity contribution in [2.75, 3.05) is 23.7 Å². The summed E-state index contributed by atoms with van der Waals surface area (Å²) in [6, 6.07) is 21.7. The average molecular weight is 591 g/mol. The summed E-state index contributed by atoms with van der Waals surface area (Å²) in [5.41, 5.74) is 1.87. The number of halogens is 2. The Morgan fingerprint density at radius 3 is 2.10 bits per heavy atom. The molecule has 3 aromatic rings. The van der Waals surface area contributed by atoms with E-state index in [0.29, 0.717) is 27.8 Å². The molecule has 0 aromatic heterocycles. The van der Waals surface area contributed by atoms with E-state index >= 15 is 0 Å². The molecule has 0 unspecified atom stereocenters. The molecular formula is C29H33Cl2N3O4S. The smallest absolute Gasteiger partial charge is 0.244 e. The molecule has 1 N–H and O–H groups in total. The third-order valence-corrected chi connectivity index (χ3v) is 7.62. The summed E-state index contributed by atoms with van der Waals surface area (Å²) in [7, 11) is -3.84. The van der Waals surface area contributed by atoms with Crippen molar-refractivity contribution in [1.82, 2.24) is 10.2 Å². The predicted molar refractivity (Wildman–Crippen MR) is 157 cm³/mol. The number of rotatable bonds is 12. The van der Waals surface area contributed by atoms with Crippen molar-refractivity contribution < 1.29 is 18.0 Å². The Morgan fingerprint density at radius 1 is 0.872 bits per heavy atom. The van der Waals surface area contributed by atoms with Gasteiger partial charge in [0.1, 0.15) is 12.6 Å². The van der Waals surface area contributed by atoms with Crippen LogP contribution in [0.25, 0.3) is 0 Å². The summed E-state index contributed by atoms with van der Waals surface area (Å²) in [6.07, 6.45) is 1.28. The number of hydrogen-bond donors (Lipinski definition) is 1. The van der Waals surface area contributed by atoms with Gasteiger partial charge in [-0.3, -0.25) is 13.9 Å². The third-order valence-electron chi connectivity index (χ3n) is 5.99. The minimum absolute atomic E-state index is 0.0597. The topological polar surface area (TPSA) is 86.8 Å². The van der Waals surface area contributed by atoms with Crippen molar-refractivity contribution in [2.45, 2.75) is 32.9 Å². The van der Waals surface area contributed by atoms with Gasteiger partial charge in [0.05, 0.1) is 11.9 Å². The van der Waals surface area contributed by atoms with Crippen LogP contribution in [-0.4, -0.2) is 50.5 Å². The number of nitrogens with zero attached hydrogens (tertiary/aromatic N) is 2. The molecule has 1 atom stereocenters. The lowest BCUT2D eigenvalue weighted by atomic mass is 10.0. The fourth-order valence-electron chi connectivity index (χ4n) is 4.03. The molecule has 0 saturated heterocycles. The molecule has 3 aromatic carbocycles. The van der Waals surface area contributed by atoms with Crippen LogP contribution in [0.4, 0.5) is 5.69 Å². The Hall–Kier alpha value is -3.07. The van der Waals surface area contributed by atoms with E-state index in [1.807, 2.05) is 50.2 Å². The molecule has 7 nitrogen and oxygen atoms in total. The van der Waals surface area contributed by atoms with E-state index in [4.69, 9.17) is 23.2 Å². The lowest BCUT2D eigenvalue weighted by molar-refractivity contribution is -0.140. The maximum Gasteiger partial charge on any atom is 0.244 e. The van der Waals surface area contributed by atoms with Crippen LogP contribution >= 0.6 is 23.2 Å². The number of carbonyl (C=O) groups excluding carboxylic acids is 2. The molecule has 0 aliphatic carbocycles.